The zero-order valence-electron chi connectivity index (χ0n) is 25.6. The van der Waals surface area contributed by atoms with E-state index in [-0.39, 0.29) is 12.5 Å². The molecule has 240 valence electrons. The summed E-state index contributed by atoms with van der Waals surface area (Å²) in [5.74, 6) is 4.29. The first-order valence-electron chi connectivity index (χ1n) is 14.7. The highest BCUT2D eigenvalue weighted by atomic mass is 32.2. The zero-order chi connectivity index (χ0) is 33.1. The topological polar surface area (TPSA) is 128 Å². The Morgan fingerprint density at radius 2 is 1.57 bits per heavy atom. The summed E-state index contributed by atoms with van der Waals surface area (Å²) in [6, 6.07) is 17.3. The third-order valence-corrected chi connectivity index (χ3v) is 8.78. The first-order chi connectivity index (χ1) is 21.9. The van der Waals surface area contributed by atoms with Crippen molar-refractivity contribution >= 4 is 33.8 Å². The summed E-state index contributed by atoms with van der Waals surface area (Å²) in [5.41, 5.74) is 2.48. The molecule has 0 saturated carbocycles. The number of carboxylic acids is 1. The Kier molecular flexibility index (Phi) is 9.83. The lowest BCUT2D eigenvalue weighted by Crippen LogP contribution is -2.60. The van der Waals surface area contributed by atoms with Gasteiger partial charge in [-0.1, -0.05) is 37.8 Å². The Morgan fingerprint density at radius 1 is 0.957 bits per heavy atom. The maximum Gasteiger partial charge on any atom is 0.331 e. The minimum Gasteiger partial charge on any atom is -0.480 e. The molecule has 0 bridgehead atoms. The molecule has 2 unspecified atom stereocenters. The van der Waals surface area contributed by atoms with Gasteiger partial charge in [0.25, 0.3) is 5.56 Å². The maximum absolute atomic E-state index is 13.3. The van der Waals surface area contributed by atoms with E-state index in [9.17, 15) is 32.6 Å². The van der Waals surface area contributed by atoms with E-state index in [1.165, 1.54) is 28.8 Å². The van der Waals surface area contributed by atoms with E-state index in [1.807, 2.05) is 24.3 Å². The number of fused-ring (bicyclic) bond motifs is 1. The van der Waals surface area contributed by atoms with Crippen LogP contribution in [-0.4, -0.2) is 70.6 Å². The SMILES string of the molecule is CC(C)C(C(=O)O)N(N1CCN(c2ccc(C#Cc3ccc4c(c3)c(=O)n(Cc3ccc(F)cc3)c(=O)n4C)cc2)CC1)S(=O)O. The van der Waals surface area contributed by atoms with Gasteiger partial charge in [0.2, 0.25) is 11.3 Å². The van der Waals surface area contributed by atoms with Crippen LogP contribution in [0.5, 0.6) is 0 Å². The average Bonchev–Trinajstić information content (AvgIpc) is 3.04. The van der Waals surface area contributed by atoms with Gasteiger partial charge < -0.3 is 10.0 Å². The second-order valence-electron chi connectivity index (χ2n) is 11.4. The molecule has 0 amide bonds. The van der Waals surface area contributed by atoms with Crippen LogP contribution in [0.25, 0.3) is 10.9 Å². The third-order valence-electron chi connectivity index (χ3n) is 8.01. The second-order valence-corrected chi connectivity index (χ2v) is 12.2. The van der Waals surface area contributed by atoms with E-state index in [4.69, 9.17) is 0 Å². The average molecular weight is 648 g/mol. The molecule has 5 rings (SSSR count). The van der Waals surface area contributed by atoms with E-state index < -0.39 is 40.3 Å². The number of anilines is 1. The largest absolute Gasteiger partial charge is 0.480 e. The standard InChI is InChI=1S/C33H34FN5O6S/c1-22(2)30(32(41)42)39(46(44)45)37-18-16-36(17-19-37)27-13-8-23(9-14-27)4-5-24-10-15-29-28(20-24)31(40)38(33(43)35(29)3)21-25-6-11-26(34)12-7-25/h6-15,20,22,30H,16-19,21H2,1-3H3,(H,41,42)(H,44,45). The molecule has 1 aromatic heterocycles. The van der Waals surface area contributed by atoms with Crippen molar-refractivity contribution in [3.05, 3.63) is 110 Å². The lowest BCUT2D eigenvalue weighted by molar-refractivity contribution is -0.148. The number of piperazine rings is 1. The summed E-state index contributed by atoms with van der Waals surface area (Å²) >= 11 is -2.47. The molecule has 46 heavy (non-hydrogen) atoms. The van der Waals surface area contributed by atoms with E-state index in [1.54, 1.807) is 44.1 Å². The minimum absolute atomic E-state index is 0.0129. The van der Waals surface area contributed by atoms with Gasteiger partial charge in [0.15, 0.2) is 0 Å². The number of carbonyl (C=O) groups is 1. The van der Waals surface area contributed by atoms with Crippen LogP contribution in [0.4, 0.5) is 10.1 Å². The number of rotatable bonds is 8. The minimum atomic E-state index is -2.47. The van der Waals surface area contributed by atoms with Gasteiger partial charge >= 0.3 is 11.7 Å². The van der Waals surface area contributed by atoms with E-state index in [2.05, 4.69) is 16.7 Å². The molecular formula is C33H34FN5O6S. The Bertz CT molecular complexity index is 1960. The number of nitrogens with zero attached hydrogens (tertiary/aromatic N) is 5. The number of hydrogen-bond donors (Lipinski definition) is 2. The molecule has 3 aromatic carbocycles. The number of aromatic nitrogens is 2. The van der Waals surface area contributed by atoms with Crippen LogP contribution in [0, 0.1) is 23.6 Å². The third kappa shape index (κ3) is 6.95. The molecule has 13 heteroatoms. The highest BCUT2D eigenvalue weighted by molar-refractivity contribution is 7.76. The van der Waals surface area contributed by atoms with Crippen molar-refractivity contribution in [3.63, 3.8) is 0 Å². The van der Waals surface area contributed by atoms with Crippen LogP contribution in [0.2, 0.25) is 0 Å². The number of hydrazine groups is 1. The summed E-state index contributed by atoms with van der Waals surface area (Å²) in [6.07, 6.45) is 0. The summed E-state index contributed by atoms with van der Waals surface area (Å²) in [7, 11) is 1.60. The predicted octanol–water partition coefficient (Wildman–Crippen LogP) is 2.87. The number of benzene rings is 3. The van der Waals surface area contributed by atoms with Crippen molar-refractivity contribution in [3.8, 4) is 11.8 Å². The molecule has 0 aliphatic carbocycles. The van der Waals surface area contributed by atoms with E-state index in [0.717, 1.165) is 20.2 Å². The maximum atomic E-state index is 13.3. The van der Waals surface area contributed by atoms with Crippen LogP contribution in [0.1, 0.15) is 30.5 Å². The Balaban J connectivity index is 1.30. The molecule has 1 aliphatic heterocycles. The highest BCUT2D eigenvalue weighted by Gasteiger charge is 2.38. The van der Waals surface area contributed by atoms with Crippen LogP contribution in [0.3, 0.4) is 0 Å². The van der Waals surface area contributed by atoms with Gasteiger partial charge in [0.05, 0.1) is 17.4 Å². The Hall–Kier alpha value is -4.61. The van der Waals surface area contributed by atoms with E-state index >= 15 is 0 Å². The fourth-order valence-corrected chi connectivity index (χ4v) is 6.45. The molecule has 11 nitrogen and oxygen atoms in total. The van der Waals surface area contributed by atoms with Gasteiger partial charge in [0, 0.05) is 50.0 Å². The van der Waals surface area contributed by atoms with Crippen LogP contribution in [0.15, 0.2) is 76.3 Å². The van der Waals surface area contributed by atoms with Crippen LogP contribution < -0.4 is 16.1 Å². The summed E-state index contributed by atoms with van der Waals surface area (Å²) in [6.45, 7) is 5.24. The fraction of sp³-hybridized carbons (Fsp3) is 0.303. The first-order valence-corrected chi connectivity index (χ1v) is 15.7. The smallest absolute Gasteiger partial charge is 0.331 e. The highest BCUT2D eigenvalue weighted by Crippen LogP contribution is 2.22. The van der Waals surface area contributed by atoms with Crippen molar-refractivity contribution in [2.24, 2.45) is 13.0 Å². The Morgan fingerprint density at radius 3 is 2.15 bits per heavy atom. The van der Waals surface area contributed by atoms with Crippen molar-refractivity contribution < 1.29 is 23.1 Å². The molecule has 2 N–H and O–H groups in total. The number of hydrogen-bond acceptors (Lipinski definition) is 6. The molecule has 1 aliphatic rings. The zero-order valence-corrected chi connectivity index (χ0v) is 26.4. The summed E-state index contributed by atoms with van der Waals surface area (Å²) in [5, 5.41) is 11.6. The molecule has 1 fully saturated rings. The molecular weight excluding hydrogens is 613 g/mol. The molecule has 0 radical (unpaired) electrons. The quantitative estimate of drug-likeness (QED) is 0.221. The molecule has 4 aromatic rings. The van der Waals surface area contributed by atoms with Gasteiger partial charge in [-0.3, -0.25) is 23.3 Å². The van der Waals surface area contributed by atoms with E-state index in [0.29, 0.717) is 48.2 Å². The normalized spacial score (nSPS) is 15.2. The summed E-state index contributed by atoms with van der Waals surface area (Å²) in [4.78, 5) is 40.2. The lowest BCUT2D eigenvalue weighted by atomic mass is 10.1. The number of aryl methyl sites for hydroxylation is 1. The van der Waals surface area contributed by atoms with Crippen LogP contribution in [-0.2, 0) is 29.7 Å². The molecule has 2 heterocycles. The fourth-order valence-electron chi connectivity index (χ4n) is 5.56. The van der Waals surface area contributed by atoms with Gasteiger partial charge in [-0.25, -0.2) is 18.4 Å². The van der Waals surface area contributed by atoms with Crippen molar-refractivity contribution in [2.75, 3.05) is 31.1 Å². The van der Waals surface area contributed by atoms with Gasteiger partial charge in [-0.2, -0.15) is 0 Å². The Labute approximate surface area is 267 Å². The van der Waals surface area contributed by atoms with Crippen LogP contribution >= 0.6 is 0 Å². The number of aliphatic carboxylic acids is 1. The second kappa shape index (κ2) is 13.8. The molecule has 0 spiro atoms. The molecule has 1 saturated heterocycles. The summed E-state index contributed by atoms with van der Waals surface area (Å²) < 4.78 is 38.9. The van der Waals surface area contributed by atoms with Crippen molar-refractivity contribution in [1.82, 2.24) is 18.6 Å². The lowest BCUT2D eigenvalue weighted by Gasteiger charge is -2.42. The predicted molar refractivity (Wildman–Crippen MR) is 174 cm³/mol. The molecule has 2 atom stereocenters. The van der Waals surface area contributed by atoms with Crippen molar-refractivity contribution in [1.29, 1.82) is 0 Å². The number of halogens is 1. The van der Waals surface area contributed by atoms with Gasteiger partial charge in [-0.05, 0) is 66.1 Å². The first kappa shape index (κ1) is 32.8. The monoisotopic (exact) mass is 647 g/mol. The van der Waals surface area contributed by atoms with Gasteiger partial charge in [-0.15, -0.1) is 4.41 Å². The van der Waals surface area contributed by atoms with Crippen molar-refractivity contribution in [2.45, 2.75) is 26.4 Å². The van der Waals surface area contributed by atoms with Gasteiger partial charge in [0.1, 0.15) is 11.9 Å². The number of carboxylic acid groups (broad SMARTS) is 1.